The van der Waals surface area contributed by atoms with Crippen LogP contribution in [0.4, 0.5) is 13.2 Å². The van der Waals surface area contributed by atoms with Gasteiger partial charge in [0.1, 0.15) is 0 Å². The second-order valence-electron chi connectivity index (χ2n) is 10.5. The summed E-state index contributed by atoms with van der Waals surface area (Å²) >= 11 is 0. The Morgan fingerprint density at radius 2 is 1.49 bits per heavy atom. The predicted molar refractivity (Wildman–Crippen MR) is 137 cm³/mol. The van der Waals surface area contributed by atoms with Gasteiger partial charge in [0.05, 0.1) is 11.2 Å². The average molecular weight is 519 g/mol. The highest BCUT2D eigenvalue weighted by Crippen LogP contribution is 2.36. The zero-order chi connectivity index (χ0) is 27.4. The molecule has 2 amide bonds. The van der Waals surface area contributed by atoms with Crippen molar-refractivity contribution in [2.75, 3.05) is 13.1 Å². The molecule has 1 saturated heterocycles. The molecule has 2 aromatic carbocycles. The van der Waals surface area contributed by atoms with Gasteiger partial charge in [0, 0.05) is 24.9 Å². The van der Waals surface area contributed by atoms with Gasteiger partial charge < -0.3 is 15.7 Å². The monoisotopic (exact) mass is 518 g/mol. The number of carbonyl (C=O) groups excluding carboxylic acids is 2. The topological polar surface area (TPSA) is 83.6 Å². The van der Waals surface area contributed by atoms with Gasteiger partial charge in [-0.05, 0) is 60.4 Å². The van der Waals surface area contributed by atoms with Gasteiger partial charge in [-0.3, -0.25) is 9.59 Å². The first-order valence-corrected chi connectivity index (χ1v) is 12.9. The number of carbonyl (C=O) groups is 2. The summed E-state index contributed by atoms with van der Waals surface area (Å²) < 4.78 is 38.5. The number of hydrogen-bond donors (Lipinski definition) is 2. The number of halogens is 3. The number of aliphatic hydroxyl groups is 1. The van der Waals surface area contributed by atoms with E-state index in [1.165, 1.54) is 12.1 Å². The second kappa shape index (κ2) is 11.7. The molecule has 2 atom stereocenters. The van der Waals surface area contributed by atoms with Gasteiger partial charge in [0.2, 0.25) is 11.8 Å². The third kappa shape index (κ3) is 6.92. The zero-order valence-electron chi connectivity index (χ0n) is 21.7. The van der Waals surface area contributed by atoms with Crippen molar-refractivity contribution in [2.45, 2.75) is 64.7 Å². The van der Waals surface area contributed by atoms with Crippen LogP contribution in [0.1, 0.15) is 64.0 Å². The highest BCUT2D eigenvalue weighted by Gasteiger charge is 2.40. The van der Waals surface area contributed by atoms with Gasteiger partial charge in [-0.25, -0.2) is 0 Å². The van der Waals surface area contributed by atoms with Crippen LogP contribution in [0.25, 0.3) is 11.1 Å². The third-order valence-corrected chi connectivity index (χ3v) is 7.36. The van der Waals surface area contributed by atoms with Gasteiger partial charge in [-0.1, -0.05) is 63.6 Å². The Bertz CT molecular complexity index is 1060. The van der Waals surface area contributed by atoms with Gasteiger partial charge in [-0.15, -0.1) is 0 Å². The summed E-state index contributed by atoms with van der Waals surface area (Å²) in [6.45, 7) is 6.74. The summed E-state index contributed by atoms with van der Waals surface area (Å²) in [6, 6.07) is 12.1. The first kappa shape index (κ1) is 28.7. The minimum atomic E-state index is -4.38. The fourth-order valence-corrected chi connectivity index (χ4v) is 5.24. The van der Waals surface area contributed by atoms with Crippen molar-refractivity contribution in [3.05, 3.63) is 59.7 Å². The largest absolute Gasteiger partial charge is 0.416 e. The van der Waals surface area contributed by atoms with E-state index >= 15 is 0 Å². The molecule has 8 heteroatoms. The molecule has 0 saturated carbocycles. The fourth-order valence-electron chi connectivity index (χ4n) is 5.24. The molecule has 202 valence electrons. The van der Waals surface area contributed by atoms with Crippen LogP contribution in [0.3, 0.4) is 0 Å². The van der Waals surface area contributed by atoms with Crippen LogP contribution in [0.15, 0.2) is 48.5 Å². The zero-order valence-corrected chi connectivity index (χ0v) is 21.7. The minimum Gasteiger partial charge on any atom is -0.385 e. The lowest BCUT2D eigenvalue weighted by Gasteiger charge is -2.40. The van der Waals surface area contributed by atoms with Crippen molar-refractivity contribution in [2.24, 2.45) is 23.5 Å². The number of amides is 2. The van der Waals surface area contributed by atoms with E-state index in [0.717, 1.165) is 24.1 Å². The highest BCUT2D eigenvalue weighted by atomic mass is 19.4. The van der Waals surface area contributed by atoms with Crippen LogP contribution >= 0.6 is 0 Å². The molecule has 1 fully saturated rings. The summed E-state index contributed by atoms with van der Waals surface area (Å²) in [5.41, 5.74) is 5.96. The summed E-state index contributed by atoms with van der Waals surface area (Å²) in [4.78, 5) is 27.3. The summed E-state index contributed by atoms with van der Waals surface area (Å²) in [5.74, 6) is -1.25. The number of nitrogens with two attached hydrogens (primary N) is 1. The SMILES string of the molecule is CCC[C@H](C(N)=O)[C@@H](CC(C)C)C(=O)N1CCC(O)(c2ccc(-c3ccc(C(F)(F)F)cc3)cc2)CC1. The Kier molecular flexibility index (Phi) is 9.05. The highest BCUT2D eigenvalue weighted by molar-refractivity contribution is 5.87. The molecule has 37 heavy (non-hydrogen) atoms. The number of benzene rings is 2. The van der Waals surface area contributed by atoms with Crippen LogP contribution in [0.2, 0.25) is 0 Å². The Hall–Kier alpha value is -2.87. The maximum Gasteiger partial charge on any atom is 0.416 e. The van der Waals surface area contributed by atoms with Gasteiger partial charge in [0.15, 0.2) is 0 Å². The van der Waals surface area contributed by atoms with E-state index in [-0.39, 0.29) is 11.8 Å². The van der Waals surface area contributed by atoms with E-state index in [1.54, 1.807) is 29.2 Å². The number of piperidine rings is 1. The van der Waals surface area contributed by atoms with Crippen LogP contribution in [0, 0.1) is 17.8 Å². The number of hydrogen-bond acceptors (Lipinski definition) is 3. The van der Waals surface area contributed by atoms with Gasteiger partial charge >= 0.3 is 6.18 Å². The molecule has 0 aromatic heterocycles. The van der Waals surface area contributed by atoms with E-state index in [2.05, 4.69) is 0 Å². The molecule has 1 aliphatic rings. The van der Waals surface area contributed by atoms with Crippen molar-refractivity contribution in [1.82, 2.24) is 4.90 Å². The molecule has 5 nitrogen and oxygen atoms in total. The van der Waals surface area contributed by atoms with Crippen molar-refractivity contribution in [1.29, 1.82) is 0 Å². The van der Waals surface area contributed by atoms with E-state index in [0.29, 0.717) is 49.9 Å². The van der Waals surface area contributed by atoms with Crippen molar-refractivity contribution >= 4 is 11.8 Å². The normalized spacial score (nSPS) is 17.5. The lowest BCUT2D eigenvalue weighted by atomic mass is 9.79. The lowest BCUT2D eigenvalue weighted by molar-refractivity contribution is -0.146. The van der Waals surface area contributed by atoms with Crippen molar-refractivity contribution in [3.8, 4) is 11.1 Å². The average Bonchev–Trinajstić information content (AvgIpc) is 2.85. The number of rotatable bonds is 9. The number of nitrogens with zero attached hydrogens (tertiary/aromatic N) is 1. The van der Waals surface area contributed by atoms with Crippen LogP contribution in [-0.2, 0) is 21.4 Å². The molecule has 0 bridgehead atoms. The molecule has 1 heterocycles. The molecule has 2 aromatic rings. The Morgan fingerprint density at radius 1 is 0.973 bits per heavy atom. The number of likely N-dealkylation sites (tertiary alicyclic amines) is 1. The smallest absolute Gasteiger partial charge is 0.385 e. The maximum absolute atomic E-state index is 13.5. The molecule has 0 radical (unpaired) electrons. The fraction of sp³-hybridized carbons (Fsp3) is 0.517. The summed E-state index contributed by atoms with van der Waals surface area (Å²) in [6.07, 6.45) is -1.77. The quantitative estimate of drug-likeness (QED) is 0.444. The van der Waals surface area contributed by atoms with Crippen molar-refractivity contribution in [3.63, 3.8) is 0 Å². The summed E-state index contributed by atoms with van der Waals surface area (Å²) in [5, 5.41) is 11.4. The lowest BCUT2D eigenvalue weighted by Crippen LogP contribution is -2.49. The maximum atomic E-state index is 13.5. The first-order chi connectivity index (χ1) is 17.4. The van der Waals surface area contributed by atoms with Crippen LogP contribution < -0.4 is 5.73 Å². The molecular formula is C29H37F3N2O3. The standard InChI is InChI=1S/C29H37F3N2O3/c1-4-5-24(26(33)35)25(18-19(2)3)27(36)34-16-14-28(37,15-17-34)22-10-6-20(7-11-22)21-8-12-23(13-9-21)29(30,31)32/h6-13,19,24-25,37H,4-5,14-18H2,1-3H3,(H2,33,35)/t24-,25+/m0/s1. The van der Waals surface area contributed by atoms with E-state index in [9.17, 15) is 27.9 Å². The molecule has 0 spiro atoms. The van der Waals surface area contributed by atoms with E-state index < -0.39 is 35.1 Å². The molecular weight excluding hydrogens is 481 g/mol. The van der Waals surface area contributed by atoms with Gasteiger partial charge in [0.25, 0.3) is 0 Å². The molecule has 0 aliphatic carbocycles. The van der Waals surface area contributed by atoms with Crippen LogP contribution in [-0.4, -0.2) is 34.9 Å². The molecule has 3 rings (SSSR count). The Labute approximate surface area is 216 Å². The number of alkyl halides is 3. The minimum absolute atomic E-state index is 0.0781. The first-order valence-electron chi connectivity index (χ1n) is 12.9. The number of primary amides is 1. The third-order valence-electron chi connectivity index (χ3n) is 7.36. The molecule has 3 N–H and O–H groups in total. The van der Waals surface area contributed by atoms with Crippen molar-refractivity contribution < 1.29 is 27.9 Å². The van der Waals surface area contributed by atoms with E-state index in [1.807, 2.05) is 20.8 Å². The second-order valence-corrected chi connectivity index (χ2v) is 10.5. The Morgan fingerprint density at radius 3 is 1.92 bits per heavy atom. The van der Waals surface area contributed by atoms with E-state index in [4.69, 9.17) is 5.73 Å². The summed E-state index contributed by atoms with van der Waals surface area (Å²) in [7, 11) is 0. The van der Waals surface area contributed by atoms with Gasteiger partial charge in [-0.2, -0.15) is 13.2 Å². The molecule has 1 aliphatic heterocycles. The van der Waals surface area contributed by atoms with Crippen LogP contribution in [0.5, 0.6) is 0 Å². The predicted octanol–water partition coefficient (Wildman–Crippen LogP) is 5.75. The Balaban J connectivity index is 1.70. The molecule has 0 unspecified atom stereocenters.